The average Bonchev–Trinajstić information content (AvgIpc) is 3.69. The molecule has 10 rings (SSSR count). The van der Waals surface area contributed by atoms with Crippen LogP contribution in [-0.2, 0) is 0 Å². The van der Waals surface area contributed by atoms with E-state index < -0.39 is 8.07 Å². The van der Waals surface area contributed by atoms with Crippen LogP contribution in [0.25, 0.3) is 44.2 Å². The zero-order valence-corrected chi connectivity index (χ0v) is 32.4. The van der Waals surface area contributed by atoms with Crippen LogP contribution in [0.2, 0.25) is 0 Å². The molecule has 0 spiro atoms. The molecule has 9 aromatic carbocycles. The first-order valence-electron chi connectivity index (χ1n) is 19.5. The maximum absolute atomic E-state index is 6.69. The molecule has 0 unspecified atom stereocenters. The Balaban J connectivity index is 1.26. The fourth-order valence-corrected chi connectivity index (χ4v) is 13.5. The van der Waals surface area contributed by atoms with E-state index >= 15 is 0 Å². The van der Waals surface area contributed by atoms with Crippen LogP contribution in [-0.4, -0.2) is 8.07 Å². The van der Waals surface area contributed by atoms with E-state index in [0.717, 1.165) is 50.1 Å². The van der Waals surface area contributed by atoms with Crippen LogP contribution in [0.1, 0.15) is 0 Å². The predicted molar refractivity (Wildman–Crippen MR) is 243 cm³/mol. The second-order valence-electron chi connectivity index (χ2n) is 14.4. The first-order valence-corrected chi connectivity index (χ1v) is 21.5. The van der Waals surface area contributed by atoms with Crippen molar-refractivity contribution >= 4 is 67.8 Å². The van der Waals surface area contributed by atoms with Gasteiger partial charge in [0.25, 0.3) is 0 Å². The third-order valence-electron chi connectivity index (χ3n) is 11.2. The van der Waals surface area contributed by atoms with Gasteiger partial charge in [-0.1, -0.05) is 194 Å². The second-order valence-corrected chi connectivity index (χ2v) is 18.3. The number of rotatable bonds is 9. The number of fused-ring (bicyclic) bond motifs is 3. The largest absolute Gasteiger partial charge is 0.456 e. The lowest BCUT2D eigenvalue weighted by Crippen LogP contribution is -2.74. The number of benzene rings is 9. The van der Waals surface area contributed by atoms with Crippen LogP contribution in [0, 0.1) is 0 Å². The van der Waals surface area contributed by atoms with Crippen LogP contribution in [0.15, 0.2) is 241 Å². The average molecular weight is 746 g/mol. The minimum atomic E-state index is -2.81. The first kappa shape index (κ1) is 34.3. The zero-order chi connectivity index (χ0) is 38.0. The van der Waals surface area contributed by atoms with Crippen molar-refractivity contribution in [3.8, 4) is 22.3 Å². The first-order chi connectivity index (χ1) is 28.3. The van der Waals surface area contributed by atoms with Crippen molar-refractivity contribution in [2.45, 2.75) is 0 Å². The van der Waals surface area contributed by atoms with E-state index in [1.807, 2.05) is 0 Å². The summed E-state index contributed by atoms with van der Waals surface area (Å²) in [5.41, 5.74) is 9.61. The van der Waals surface area contributed by atoms with Crippen molar-refractivity contribution in [2.75, 3.05) is 4.90 Å². The van der Waals surface area contributed by atoms with Gasteiger partial charge in [0.1, 0.15) is 11.2 Å². The van der Waals surface area contributed by atoms with Crippen LogP contribution >= 0.6 is 0 Å². The van der Waals surface area contributed by atoms with Crippen molar-refractivity contribution in [1.29, 1.82) is 0 Å². The normalized spacial score (nSPS) is 11.5. The molecule has 3 heteroatoms. The molecule has 0 saturated heterocycles. The van der Waals surface area contributed by atoms with Gasteiger partial charge in [0.2, 0.25) is 0 Å². The summed E-state index contributed by atoms with van der Waals surface area (Å²) in [7, 11) is -2.81. The van der Waals surface area contributed by atoms with Crippen LogP contribution < -0.4 is 25.6 Å². The van der Waals surface area contributed by atoms with Gasteiger partial charge in [-0.25, -0.2) is 0 Å². The highest BCUT2D eigenvalue weighted by Gasteiger charge is 2.41. The molecular formula is C54H39NOSi. The lowest BCUT2D eigenvalue weighted by Gasteiger charge is -2.35. The van der Waals surface area contributed by atoms with Gasteiger partial charge in [-0.3, -0.25) is 0 Å². The van der Waals surface area contributed by atoms with E-state index in [4.69, 9.17) is 4.42 Å². The van der Waals surface area contributed by atoms with Crippen molar-refractivity contribution in [2.24, 2.45) is 0 Å². The predicted octanol–water partition coefficient (Wildman–Crippen LogP) is 11.8. The molecule has 1 heterocycles. The second kappa shape index (κ2) is 14.8. The van der Waals surface area contributed by atoms with Gasteiger partial charge in [-0.05, 0) is 85.5 Å². The van der Waals surface area contributed by atoms with Crippen molar-refractivity contribution in [3.05, 3.63) is 237 Å². The highest BCUT2D eigenvalue weighted by Crippen LogP contribution is 2.45. The summed E-state index contributed by atoms with van der Waals surface area (Å²) < 4.78 is 6.69. The van der Waals surface area contributed by atoms with E-state index in [0.29, 0.717) is 0 Å². The molecule has 270 valence electrons. The third kappa shape index (κ3) is 6.06. The standard InChI is InChI=1S/C54H39NOSi/c1-6-19-40(20-7-1)41-35-37-43(38-36-41)55(50-32-18-34-52-54(50)53-49(31-17-33-51(53)56-52)42-21-8-2-9-22-42)44-23-16-30-48(39-44)57(45-24-10-3-11-25-45,46-26-12-4-13-27-46)47-28-14-5-15-29-47/h1-39H. The van der Waals surface area contributed by atoms with Gasteiger partial charge in [-0.2, -0.15) is 0 Å². The summed E-state index contributed by atoms with van der Waals surface area (Å²) in [4.78, 5) is 2.43. The van der Waals surface area contributed by atoms with Gasteiger partial charge < -0.3 is 9.32 Å². The summed E-state index contributed by atoms with van der Waals surface area (Å²) in [6, 6.07) is 85.8. The SMILES string of the molecule is c1ccc(-c2ccc(N(c3cccc([Si](c4ccccc4)(c4ccccc4)c4ccccc4)c3)c3cccc4oc5cccc(-c6ccccc6)c5c34)cc2)cc1. The quantitative estimate of drug-likeness (QED) is 0.108. The van der Waals surface area contributed by atoms with E-state index in [2.05, 4.69) is 241 Å². The fourth-order valence-electron chi connectivity index (χ4n) is 8.70. The molecular weight excluding hydrogens is 707 g/mol. The maximum Gasteiger partial charge on any atom is 0.179 e. The maximum atomic E-state index is 6.69. The molecule has 0 saturated carbocycles. The lowest BCUT2D eigenvalue weighted by atomic mass is 9.98. The molecule has 2 nitrogen and oxygen atoms in total. The molecule has 1 aromatic heterocycles. The summed E-state index contributed by atoms with van der Waals surface area (Å²) in [6.07, 6.45) is 0. The number of nitrogens with zero attached hydrogens (tertiary/aromatic N) is 1. The Kier molecular flexibility index (Phi) is 8.90. The van der Waals surface area contributed by atoms with E-state index in [9.17, 15) is 0 Å². The number of anilines is 3. The van der Waals surface area contributed by atoms with Gasteiger partial charge in [0.05, 0.1) is 11.1 Å². The molecule has 0 aliphatic rings. The van der Waals surface area contributed by atoms with Crippen molar-refractivity contribution < 1.29 is 4.42 Å². The van der Waals surface area contributed by atoms with E-state index in [-0.39, 0.29) is 0 Å². The summed E-state index contributed by atoms with van der Waals surface area (Å²) in [5, 5.41) is 7.53. The Bertz CT molecular complexity index is 2830. The molecule has 57 heavy (non-hydrogen) atoms. The Morgan fingerprint density at radius 1 is 0.316 bits per heavy atom. The van der Waals surface area contributed by atoms with Crippen LogP contribution in [0.5, 0.6) is 0 Å². The molecule has 0 amide bonds. The fraction of sp³-hybridized carbons (Fsp3) is 0. The molecule has 0 aliphatic carbocycles. The van der Waals surface area contributed by atoms with Crippen molar-refractivity contribution in [1.82, 2.24) is 0 Å². The Morgan fingerprint density at radius 3 is 1.35 bits per heavy atom. The van der Waals surface area contributed by atoms with E-state index in [1.54, 1.807) is 0 Å². The molecule has 0 radical (unpaired) electrons. The highest BCUT2D eigenvalue weighted by molar-refractivity contribution is 7.19. The minimum Gasteiger partial charge on any atom is -0.456 e. The smallest absolute Gasteiger partial charge is 0.179 e. The Hall–Kier alpha value is -7.20. The molecule has 0 bridgehead atoms. The van der Waals surface area contributed by atoms with Gasteiger partial charge in [-0.15, -0.1) is 0 Å². The summed E-state index contributed by atoms with van der Waals surface area (Å²) >= 11 is 0. The van der Waals surface area contributed by atoms with E-state index in [1.165, 1.54) is 31.9 Å². The third-order valence-corrected chi connectivity index (χ3v) is 16.0. The van der Waals surface area contributed by atoms with Gasteiger partial charge >= 0.3 is 0 Å². The Morgan fingerprint density at radius 2 is 0.772 bits per heavy atom. The van der Waals surface area contributed by atoms with Crippen molar-refractivity contribution in [3.63, 3.8) is 0 Å². The number of furan rings is 1. The zero-order valence-electron chi connectivity index (χ0n) is 31.4. The topological polar surface area (TPSA) is 16.4 Å². The molecule has 0 atom stereocenters. The highest BCUT2D eigenvalue weighted by atomic mass is 28.3. The lowest BCUT2D eigenvalue weighted by molar-refractivity contribution is 0.669. The number of hydrogen-bond acceptors (Lipinski definition) is 2. The van der Waals surface area contributed by atoms with Crippen LogP contribution in [0.4, 0.5) is 17.1 Å². The number of hydrogen-bond donors (Lipinski definition) is 0. The monoisotopic (exact) mass is 745 g/mol. The molecule has 0 aliphatic heterocycles. The van der Waals surface area contributed by atoms with Gasteiger partial charge in [0, 0.05) is 16.8 Å². The molecule has 0 fully saturated rings. The molecule has 10 aromatic rings. The molecule has 0 N–H and O–H groups in total. The summed E-state index contributed by atoms with van der Waals surface area (Å²) in [6.45, 7) is 0. The minimum absolute atomic E-state index is 0.856. The van der Waals surface area contributed by atoms with Crippen LogP contribution in [0.3, 0.4) is 0 Å². The van der Waals surface area contributed by atoms with Gasteiger partial charge in [0.15, 0.2) is 8.07 Å². The summed E-state index contributed by atoms with van der Waals surface area (Å²) in [5.74, 6) is 0. The Labute approximate surface area is 334 Å².